The predicted octanol–water partition coefficient (Wildman–Crippen LogP) is 2.16. The van der Waals surface area contributed by atoms with Gasteiger partial charge < -0.3 is 10.7 Å². The van der Waals surface area contributed by atoms with Gasteiger partial charge in [0.1, 0.15) is 0 Å². The number of halogens is 2. The molecule has 0 saturated carbocycles. The van der Waals surface area contributed by atoms with Crippen LogP contribution in [-0.2, 0) is 6.42 Å². The van der Waals surface area contributed by atoms with Crippen molar-refractivity contribution < 1.29 is 8.78 Å². The molecule has 0 amide bonds. The molecule has 1 aromatic heterocycles. The maximum absolute atomic E-state index is 12.5. The standard InChI is InChI=1S/C10H16F2N2/c1-6-4-8(7(2)14-6)5-10(3,13)9(11)12/h4,9,14H,5,13H2,1-3H3. The number of aromatic nitrogens is 1. The quantitative estimate of drug-likeness (QED) is 0.774. The molecule has 0 aliphatic heterocycles. The Bertz CT molecular complexity index is 316. The SMILES string of the molecule is Cc1cc(CC(C)(N)C(F)F)c(C)[nH]1. The van der Waals surface area contributed by atoms with Crippen LogP contribution in [0.1, 0.15) is 23.9 Å². The first-order chi connectivity index (χ1) is 6.33. The van der Waals surface area contributed by atoms with Crippen LogP contribution in [0.3, 0.4) is 0 Å². The summed E-state index contributed by atoms with van der Waals surface area (Å²) in [6.07, 6.45) is -2.31. The summed E-state index contributed by atoms with van der Waals surface area (Å²) in [4.78, 5) is 3.07. The van der Waals surface area contributed by atoms with E-state index in [1.54, 1.807) is 0 Å². The Hall–Kier alpha value is -0.900. The Morgan fingerprint density at radius 3 is 2.43 bits per heavy atom. The second-order valence-corrected chi connectivity index (χ2v) is 4.09. The number of H-pyrrole nitrogens is 1. The predicted molar refractivity (Wildman–Crippen MR) is 52.6 cm³/mol. The third kappa shape index (κ3) is 2.32. The molecule has 4 heteroatoms. The van der Waals surface area contributed by atoms with Crippen LogP contribution in [0, 0.1) is 13.8 Å². The second-order valence-electron chi connectivity index (χ2n) is 4.09. The molecular formula is C10H16F2N2. The number of hydrogen-bond acceptors (Lipinski definition) is 1. The molecule has 1 aromatic rings. The molecule has 0 aliphatic carbocycles. The molecule has 2 nitrogen and oxygen atoms in total. The number of aromatic amines is 1. The van der Waals surface area contributed by atoms with E-state index in [2.05, 4.69) is 4.98 Å². The van der Waals surface area contributed by atoms with Crippen LogP contribution in [0.15, 0.2) is 6.07 Å². The number of rotatable bonds is 3. The fourth-order valence-corrected chi connectivity index (χ4v) is 1.45. The maximum atomic E-state index is 12.5. The van der Waals surface area contributed by atoms with Gasteiger partial charge in [-0.15, -0.1) is 0 Å². The van der Waals surface area contributed by atoms with Gasteiger partial charge in [0.05, 0.1) is 5.54 Å². The van der Waals surface area contributed by atoms with E-state index in [0.29, 0.717) is 0 Å². The van der Waals surface area contributed by atoms with Gasteiger partial charge in [0.15, 0.2) is 0 Å². The number of aryl methyl sites for hydroxylation is 2. The van der Waals surface area contributed by atoms with E-state index in [9.17, 15) is 8.78 Å². The summed E-state index contributed by atoms with van der Waals surface area (Å²) in [5.74, 6) is 0. The summed E-state index contributed by atoms with van der Waals surface area (Å²) >= 11 is 0. The van der Waals surface area contributed by atoms with Crippen LogP contribution in [0.2, 0.25) is 0 Å². The van der Waals surface area contributed by atoms with Gasteiger partial charge >= 0.3 is 0 Å². The van der Waals surface area contributed by atoms with E-state index in [4.69, 9.17) is 5.73 Å². The van der Waals surface area contributed by atoms with Gasteiger partial charge in [0, 0.05) is 11.4 Å². The van der Waals surface area contributed by atoms with Crippen molar-refractivity contribution in [3.63, 3.8) is 0 Å². The van der Waals surface area contributed by atoms with Gasteiger partial charge in [-0.3, -0.25) is 0 Å². The van der Waals surface area contributed by atoms with Gasteiger partial charge in [-0.1, -0.05) is 0 Å². The number of nitrogens with one attached hydrogen (secondary N) is 1. The fourth-order valence-electron chi connectivity index (χ4n) is 1.45. The van der Waals surface area contributed by atoms with Crippen molar-refractivity contribution in [1.29, 1.82) is 0 Å². The Morgan fingerprint density at radius 1 is 1.50 bits per heavy atom. The monoisotopic (exact) mass is 202 g/mol. The highest BCUT2D eigenvalue weighted by atomic mass is 19.3. The minimum atomic E-state index is -2.50. The van der Waals surface area contributed by atoms with Crippen molar-refractivity contribution in [2.24, 2.45) is 5.73 Å². The zero-order chi connectivity index (χ0) is 10.9. The summed E-state index contributed by atoms with van der Waals surface area (Å²) in [5.41, 5.74) is 6.82. The average Bonchev–Trinajstić information content (AvgIpc) is 2.29. The van der Waals surface area contributed by atoms with Crippen molar-refractivity contribution in [2.75, 3.05) is 0 Å². The highest BCUT2D eigenvalue weighted by Gasteiger charge is 2.31. The van der Waals surface area contributed by atoms with Crippen LogP contribution in [0.4, 0.5) is 8.78 Å². The molecular weight excluding hydrogens is 186 g/mol. The molecule has 1 heterocycles. The zero-order valence-corrected chi connectivity index (χ0v) is 8.70. The molecule has 0 spiro atoms. The van der Waals surface area contributed by atoms with Crippen molar-refractivity contribution >= 4 is 0 Å². The highest BCUT2D eigenvalue weighted by Crippen LogP contribution is 2.20. The molecule has 0 aliphatic rings. The van der Waals surface area contributed by atoms with E-state index in [-0.39, 0.29) is 6.42 Å². The van der Waals surface area contributed by atoms with Crippen molar-refractivity contribution in [3.05, 3.63) is 23.0 Å². The molecule has 80 valence electrons. The summed E-state index contributed by atoms with van der Waals surface area (Å²) in [6, 6.07) is 1.86. The smallest absolute Gasteiger partial charge is 0.256 e. The molecule has 1 atom stereocenters. The molecule has 0 bridgehead atoms. The Labute approximate surface area is 82.5 Å². The van der Waals surface area contributed by atoms with Gasteiger partial charge in [-0.25, -0.2) is 8.78 Å². The molecule has 0 saturated heterocycles. The third-order valence-electron chi connectivity index (χ3n) is 2.33. The second kappa shape index (κ2) is 3.69. The number of alkyl halides is 2. The maximum Gasteiger partial charge on any atom is 0.256 e. The lowest BCUT2D eigenvalue weighted by atomic mass is 9.94. The molecule has 3 N–H and O–H groups in total. The lowest BCUT2D eigenvalue weighted by Gasteiger charge is -2.23. The van der Waals surface area contributed by atoms with E-state index in [0.717, 1.165) is 17.0 Å². The summed E-state index contributed by atoms with van der Waals surface area (Å²) in [5, 5.41) is 0. The first kappa shape index (κ1) is 11.2. The highest BCUT2D eigenvalue weighted by molar-refractivity contribution is 5.26. The average molecular weight is 202 g/mol. The molecule has 1 rings (SSSR count). The minimum absolute atomic E-state index is 0.195. The van der Waals surface area contributed by atoms with Gasteiger partial charge in [0.25, 0.3) is 6.43 Å². The molecule has 1 unspecified atom stereocenters. The van der Waals surface area contributed by atoms with Crippen LogP contribution < -0.4 is 5.73 Å². The van der Waals surface area contributed by atoms with E-state index >= 15 is 0 Å². The normalized spacial score (nSPS) is 15.9. The number of nitrogens with two attached hydrogens (primary N) is 1. The van der Waals surface area contributed by atoms with Gasteiger partial charge in [-0.05, 0) is 38.8 Å². The third-order valence-corrected chi connectivity index (χ3v) is 2.33. The van der Waals surface area contributed by atoms with Crippen LogP contribution in [-0.4, -0.2) is 16.9 Å². The van der Waals surface area contributed by atoms with Crippen molar-refractivity contribution in [3.8, 4) is 0 Å². The molecule has 14 heavy (non-hydrogen) atoms. The van der Waals surface area contributed by atoms with Gasteiger partial charge in [0.2, 0.25) is 0 Å². The van der Waals surface area contributed by atoms with Crippen LogP contribution in [0.5, 0.6) is 0 Å². The minimum Gasteiger partial charge on any atom is -0.362 e. The number of hydrogen-bond donors (Lipinski definition) is 2. The first-order valence-electron chi connectivity index (χ1n) is 4.55. The summed E-state index contributed by atoms with van der Waals surface area (Å²) in [6.45, 7) is 5.13. The Kier molecular flexibility index (Phi) is 2.95. The topological polar surface area (TPSA) is 41.8 Å². The van der Waals surface area contributed by atoms with E-state index in [1.165, 1.54) is 6.92 Å². The summed E-state index contributed by atoms with van der Waals surface area (Å²) < 4.78 is 25.0. The molecule has 0 fully saturated rings. The lowest BCUT2D eigenvalue weighted by molar-refractivity contribution is 0.0639. The molecule has 0 aromatic carbocycles. The van der Waals surface area contributed by atoms with Gasteiger partial charge in [-0.2, -0.15) is 0 Å². The molecule has 0 radical (unpaired) electrons. The zero-order valence-electron chi connectivity index (χ0n) is 8.70. The van der Waals surface area contributed by atoms with E-state index < -0.39 is 12.0 Å². The van der Waals surface area contributed by atoms with Crippen molar-refractivity contribution in [1.82, 2.24) is 4.98 Å². The largest absolute Gasteiger partial charge is 0.362 e. The first-order valence-corrected chi connectivity index (χ1v) is 4.55. The fraction of sp³-hybridized carbons (Fsp3) is 0.600. The van der Waals surface area contributed by atoms with Crippen LogP contribution in [0.25, 0.3) is 0 Å². The lowest BCUT2D eigenvalue weighted by Crippen LogP contribution is -2.45. The van der Waals surface area contributed by atoms with Crippen molar-refractivity contribution in [2.45, 2.75) is 39.2 Å². The van der Waals surface area contributed by atoms with Crippen LogP contribution >= 0.6 is 0 Å². The summed E-state index contributed by atoms with van der Waals surface area (Å²) in [7, 11) is 0. The Balaban J connectivity index is 2.83. The van der Waals surface area contributed by atoms with E-state index in [1.807, 2.05) is 19.9 Å². The Morgan fingerprint density at radius 2 is 2.07 bits per heavy atom.